The Balaban J connectivity index is 2.23. The third-order valence-corrected chi connectivity index (χ3v) is 6.08. The summed E-state index contributed by atoms with van der Waals surface area (Å²) in [6.45, 7) is 7.44. The van der Waals surface area contributed by atoms with E-state index < -0.39 is 23.8 Å². The molecule has 1 aromatic rings. The van der Waals surface area contributed by atoms with Gasteiger partial charge in [0.15, 0.2) is 5.78 Å². The molecule has 0 bridgehead atoms. The number of hydrogen-bond donors (Lipinski definition) is 1. The highest BCUT2D eigenvalue weighted by molar-refractivity contribution is 6.12. The second-order valence-electron chi connectivity index (χ2n) is 8.09. The summed E-state index contributed by atoms with van der Waals surface area (Å²) in [6.07, 6.45) is 0.465. The monoisotopic (exact) mass is 457 g/mol. The Kier molecular flexibility index (Phi) is 7.46. The first-order valence-electron chi connectivity index (χ1n) is 11.1. The molecule has 0 amide bonds. The van der Waals surface area contributed by atoms with Gasteiger partial charge in [-0.1, -0.05) is 13.0 Å². The predicted molar refractivity (Wildman–Crippen MR) is 121 cm³/mol. The highest BCUT2D eigenvalue weighted by Gasteiger charge is 2.48. The van der Waals surface area contributed by atoms with Gasteiger partial charge in [0.05, 0.1) is 38.9 Å². The molecule has 0 aromatic heterocycles. The fourth-order valence-corrected chi connectivity index (χ4v) is 4.63. The Bertz CT molecular complexity index is 1020. The van der Waals surface area contributed by atoms with E-state index in [1.807, 2.05) is 6.92 Å². The summed E-state index contributed by atoms with van der Waals surface area (Å²) >= 11 is 0. The molecule has 1 aliphatic heterocycles. The van der Waals surface area contributed by atoms with Crippen molar-refractivity contribution in [3.8, 4) is 11.5 Å². The number of hydrogen-bond acceptors (Lipinski definition) is 8. The number of benzene rings is 1. The minimum atomic E-state index is -0.945. The van der Waals surface area contributed by atoms with Crippen LogP contribution in [0.2, 0.25) is 0 Å². The van der Waals surface area contributed by atoms with Crippen molar-refractivity contribution in [2.24, 2.45) is 11.8 Å². The first-order valence-corrected chi connectivity index (χ1v) is 11.1. The maximum Gasteiger partial charge on any atom is 0.336 e. The molecule has 1 aromatic carbocycles. The molecule has 0 spiro atoms. The fraction of sp³-hybridized carbons (Fsp3) is 0.480. The summed E-state index contributed by atoms with van der Waals surface area (Å²) in [7, 11) is 3.06. The Labute approximate surface area is 193 Å². The topological polar surface area (TPSA) is 100 Å². The molecule has 0 saturated heterocycles. The predicted octanol–water partition coefficient (Wildman–Crippen LogP) is 3.27. The number of dihydropyridines is 1. The minimum Gasteiger partial charge on any atom is -0.497 e. The van der Waals surface area contributed by atoms with Crippen LogP contribution >= 0.6 is 0 Å². The Morgan fingerprint density at radius 2 is 1.79 bits per heavy atom. The van der Waals surface area contributed by atoms with Gasteiger partial charge in [-0.15, -0.1) is 0 Å². The second-order valence-corrected chi connectivity index (χ2v) is 8.09. The quantitative estimate of drug-likeness (QED) is 0.492. The lowest BCUT2D eigenvalue weighted by atomic mass is 9.69. The van der Waals surface area contributed by atoms with Crippen molar-refractivity contribution in [2.75, 3.05) is 27.4 Å². The van der Waals surface area contributed by atoms with Crippen LogP contribution in [0.25, 0.3) is 0 Å². The van der Waals surface area contributed by atoms with Crippen molar-refractivity contribution in [3.05, 3.63) is 46.3 Å². The summed E-state index contributed by atoms with van der Waals surface area (Å²) in [4.78, 5) is 39.5. The minimum absolute atomic E-state index is 0.183. The molecule has 33 heavy (non-hydrogen) atoms. The van der Waals surface area contributed by atoms with Crippen LogP contribution in [0.15, 0.2) is 40.7 Å². The van der Waals surface area contributed by atoms with Gasteiger partial charge in [0.25, 0.3) is 0 Å². The maximum atomic E-state index is 13.8. The van der Waals surface area contributed by atoms with Crippen LogP contribution in [0, 0.1) is 11.8 Å². The molecule has 1 N–H and O–H groups in total. The van der Waals surface area contributed by atoms with Crippen molar-refractivity contribution in [3.63, 3.8) is 0 Å². The van der Waals surface area contributed by atoms with E-state index in [1.165, 1.54) is 7.11 Å². The van der Waals surface area contributed by atoms with Gasteiger partial charge in [-0.3, -0.25) is 9.59 Å². The van der Waals surface area contributed by atoms with Gasteiger partial charge in [-0.2, -0.15) is 0 Å². The maximum absolute atomic E-state index is 13.8. The zero-order valence-corrected chi connectivity index (χ0v) is 19.9. The molecule has 0 saturated carbocycles. The Morgan fingerprint density at radius 1 is 1.09 bits per heavy atom. The molecule has 0 fully saturated rings. The first-order chi connectivity index (χ1) is 15.8. The zero-order chi connectivity index (χ0) is 24.3. The lowest BCUT2D eigenvalue weighted by Gasteiger charge is -2.38. The molecule has 8 heteroatoms. The van der Waals surface area contributed by atoms with Gasteiger partial charge >= 0.3 is 11.9 Å². The van der Waals surface area contributed by atoms with Crippen molar-refractivity contribution < 1.29 is 33.3 Å². The van der Waals surface area contributed by atoms with Gasteiger partial charge in [0.2, 0.25) is 0 Å². The van der Waals surface area contributed by atoms with E-state index in [-0.39, 0.29) is 24.9 Å². The summed E-state index contributed by atoms with van der Waals surface area (Å²) in [5, 5.41) is 3.24. The third kappa shape index (κ3) is 4.47. The van der Waals surface area contributed by atoms with E-state index >= 15 is 0 Å². The van der Waals surface area contributed by atoms with Crippen molar-refractivity contribution in [1.29, 1.82) is 0 Å². The average molecular weight is 458 g/mol. The summed E-state index contributed by atoms with van der Waals surface area (Å²) in [5.41, 5.74) is 2.58. The first kappa shape index (κ1) is 24.4. The van der Waals surface area contributed by atoms with Gasteiger partial charge in [0.1, 0.15) is 17.4 Å². The molecule has 1 aliphatic carbocycles. The van der Waals surface area contributed by atoms with Crippen LogP contribution in [-0.4, -0.2) is 45.2 Å². The van der Waals surface area contributed by atoms with Crippen molar-refractivity contribution >= 4 is 17.7 Å². The second kappa shape index (κ2) is 10.1. The van der Waals surface area contributed by atoms with E-state index in [9.17, 15) is 14.4 Å². The normalized spacial score (nSPS) is 22.4. The van der Waals surface area contributed by atoms with E-state index in [0.717, 1.165) is 0 Å². The average Bonchev–Trinajstić information content (AvgIpc) is 2.77. The number of Topliss-reactive ketones (excluding diaryl/α,β-unsaturated/α-hetero) is 1. The van der Waals surface area contributed by atoms with Crippen LogP contribution in [-0.2, 0) is 23.9 Å². The molecule has 178 valence electrons. The standard InChI is InChI=1S/C25H31NO7/c1-7-32-24(28)19-13(3)11-17-22(23(19)27)21(20(14(4)26-17)25(29)33-8-2)16-10-9-15(30-5)12-18(16)31-6/h9-10,12-13,19,21,26H,7-8,11H2,1-6H3. The van der Waals surface area contributed by atoms with Crippen LogP contribution in [0.5, 0.6) is 11.5 Å². The number of nitrogens with one attached hydrogen (secondary N) is 1. The number of carbonyl (C=O) groups excluding carboxylic acids is 3. The molecular weight excluding hydrogens is 426 g/mol. The molecule has 3 atom stereocenters. The summed E-state index contributed by atoms with van der Waals surface area (Å²) in [5.74, 6) is -2.36. The van der Waals surface area contributed by atoms with Crippen molar-refractivity contribution in [2.45, 2.75) is 40.0 Å². The molecule has 1 heterocycles. The third-order valence-electron chi connectivity index (χ3n) is 6.08. The lowest BCUT2D eigenvalue weighted by Crippen LogP contribution is -2.43. The molecular formula is C25H31NO7. The number of ketones is 1. The van der Waals surface area contributed by atoms with E-state index in [0.29, 0.717) is 46.0 Å². The number of carbonyl (C=O) groups is 3. The molecule has 3 unspecified atom stereocenters. The smallest absolute Gasteiger partial charge is 0.336 e. The Morgan fingerprint density at radius 3 is 2.39 bits per heavy atom. The van der Waals surface area contributed by atoms with Crippen LogP contribution in [0.4, 0.5) is 0 Å². The van der Waals surface area contributed by atoms with Gasteiger partial charge < -0.3 is 24.3 Å². The van der Waals surface area contributed by atoms with E-state index in [4.69, 9.17) is 18.9 Å². The van der Waals surface area contributed by atoms with Crippen LogP contribution < -0.4 is 14.8 Å². The Hall–Kier alpha value is -3.29. The van der Waals surface area contributed by atoms with Gasteiger partial charge in [0, 0.05) is 28.6 Å². The summed E-state index contributed by atoms with van der Waals surface area (Å²) in [6, 6.07) is 5.22. The molecule has 8 nitrogen and oxygen atoms in total. The SMILES string of the molecule is CCOC(=O)C1=C(C)NC2=C(C(=O)C(C(=O)OCC)C(C)C2)C1c1ccc(OC)cc1OC. The highest BCUT2D eigenvalue weighted by Crippen LogP contribution is 2.48. The fourth-order valence-electron chi connectivity index (χ4n) is 4.63. The van der Waals surface area contributed by atoms with Gasteiger partial charge in [-0.05, 0) is 39.2 Å². The highest BCUT2D eigenvalue weighted by atomic mass is 16.5. The molecule has 3 rings (SSSR count). The zero-order valence-electron chi connectivity index (χ0n) is 19.9. The van der Waals surface area contributed by atoms with Crippen LogP contribution in [0.1, 0.15) is 45.6 Å². The number of esters is 2. The molecule has 2 aliphatic rings. The van der Waals surface area contributed by atoms with Crippen molar-refractivity contribution in [1.82, 2.24) is 5.32 Å². The number of methoxy groups -OCH3 is 2. The summed E-state index contributed by atoms with van der Waals surface area (Å²) < 4.78 is 21.5. The van der Waals surface area contributed by atoms with E-state index in [2.05, 4.69) is 5.32 Å². The van der Waals surface area contributed by atoms with Crippen LogP contribution in [0.3, 0.4) is 0 Å². The number of rotatable bonds is 7. The number of allylic oxidation sites excluding steroid dienone is 3. The van der Waals surface area contributed by atoms with Gasteiger partial charge in [-0.25, -0.2) is 4.79 Å². The molecule has 0 radical (unpaired) electrons. The largest absolute Gasteiger partial charge is 0.497 e. The number of ether oxygens (including phenoxy) is 4. The lowest BCUT2D eigenvalue weighted by molar-refractivity contribution is -0.153. The van der Waals surface area contributed by atoms with E-state index in [1.54, 1.807) is 46.1 Å².